The van der Waals surface area contributed by atoms with Crippen LogP contribution in [0.4, 0.5) is 0 Å². The molecule has 1 heterocycles. The van der Waals surface area contributed by atoms with Gasteiger partial charge in [-0.1, -0.05) is 26.8 Å². The number of primary amides is 1. The Bertz CT molecular complexity index is 532. The molecule has 1 aliphatic rings. The van der Waals surface area contributed by atoms with Crippen molar-refractivity contribution in [2.45, 2.75) is 33.2 Å². The van der Waals surface area contributed by atoms with E-state index in [0.717, 1.165) is 24.8 Å². The topological polar surface area (TPSA) is 72.2 Å². The van der Waals surface area contributed by atoms with E-state index < -0.39 is 5.91 Å². The van der Waals surface area contributed by atoms with Gasteiger partial charge >= 0.3 is 0 Å². The van der Waals surface area contributed by atoms with Crippen LogP contribution in [0.3, 0.4) is 0 Å². The summed E-state index contributed by atoms with van der Waals surface area (Å²) in [5.74, 6) is -0.583. The van der Waals surface area contributed by atoms with Gasteiger partial charge in [-0.2, -0.15) is 0 Å². The van der Waals surface area contributed by atoms with Gasteiger partial charge in [0.25, 0.3) is 0 Å². The van der Waals surface area contributed by atoms with Crippen LogP contribution in [0, 0.1) is 11.3 Å². The van der Waals surface area contributed by atoms with Gasteiger partial charge in [-0.25, -0.2) is 0 Å². The largest absolute Gasteiger partial charge is 0.366 e. The first-order chi connectivity index (χ1) is 9.34. The van der Waals surface area contributed by atoms with Crippen molar-refractivity contribution in [1.29, 1.82) is 0 Å². The summed E-state index contributed by atoms with van der Waals surface area (Å²) in [6, 6.07) is 5.48. The molecule has 2 atom stereocenters. The number of rotatable bonds is 3. The van der Waals surface area contributed by atoms with Crippen LogP contribution in [0.1, 0.15) is 48.3 Å². The lowest BCUT2D eigenvalue weighted by Crippen LogP contribution is -2.40. The van der Waals surface area contributed by atoms with Crippen molar-refractivity contribution in [2.75, 3.05) is 6.54 Å². The van der Waals surface area contributed by atoms with Gasteiger partial charge in [-0.05, 0) is 41.6 Å². The summed E-state index contributed by atoms with van der Waals surface area (Å²) in [5.41, 5.74) is 7.93. The van der Waals surface area contributed by atoms with Crippen molar-refractivity contribution in [3.63, 3.8) is 0 Å². The Morgan fingerprint density at radius 3 is 2.70 bits per heavy atom. The highest BCUT2D eigenvalue weighted by molar-refractivity contribution is 5.93. The molecule has 108 valence electrons. The number of hydrogen-bond donors (Lipinski definition) is 2. The Balaban J connectivity index is 2.47. The standard InChI is InChI=1S/C16H22N2O2/c1-16(2,3)13(9-19)14-12-8-11(15(17)20)5-4-10(12)6-7-18-14/h4-5,8-9,13-14,18H,6-7H2,1-3H3,(H2,17,20). The van der Waals surface area contributed by atoms with E-state index in [-0.39, 0.29) is 17.4 Å². The van der Waals surface area contributed by atoms with Crippen LogP contribution in [0.2, 0.25) is 0 Å². The highest BCUT2D eigenvalue weighted by Gasteiger charge is 2.35. The molecule has 1 aliphatic heterocycles. The zero-order valence-corrected chi connectivity index (χ0v) is 12.3. The molecule has 20 heavy (non-hydrogen) atoms. The second-order valence-corrected chi connectivity index (χ2v) is 6.49. The lowest BCUT2D eigenvalue weighted by molar-refractivity contribution is -0.115. The summed E-state index contributed by atoms with van der Waals surface area (Å²) < 4.78 is 0. The fourth-order valence-corrected chi connectivity index (χ4v) is 2.84. The van der Waals surface area contributed by atoms with Gasteiger partial charge in [0, 0.05) is 17.5 Å². The molecule has 0 aliphatic carbocycles. The van der Waals surface area contributed by atoms with E-state index in [1.165, 1.54) is 5.56 Å². The molecule has 0 bridgehead atoms. The number of nitrogens with one attached hydrogen (secondary N) is 1. The fraction of sp³-hybridized carbons (Fsp3) is 0.500. The van der Waals surface area contributed by atoms with Crippen LogP contribution >= 0.6 is 0 Å². The van der Waals surface area contributed by atoms with E-state index in [4.69, 9.17) is 5.73 Å². The van der Waals surface area contributed by atoms with Crippen molar-refractivity contribution in [1.82, 2.24) is 5.32 Å². The highest BCUT2D eigenvalue weighted by atomic mass is 16.1. The zero-order chi connectivity index (χ0) is 14.9. The molecule has 1 aromatic rings. The van der Waals surface area contributed by atoms with Gasteiger partial charge in [0.2, 0.25) is 5.91 Å². The maximum Gasteiger partial charge on any atom is 0.248 e. The molecule has 0 radical (unpaired) electrons. The number of hydrogen-bond acceptors (Lipinski definition) is 3. The van der Waals surface area contributed by atoms with Gasteiger partial charge in [0.15, 0.2) is 0 Å². The minimum Gasteiger partial charge on any atom is -0.366 e. The molecule has 4 nitrogen and oxygen atoms in total. The first kappa shape index (κ1) is 14.7. The van der Waals surface area contributed by atoms with E-state index in [9.17, 15) is 9.59 Å². The molecular weight excluding hydrogens is 252 g/mol. The summed E-state index contributed by atoms with van der Waals surface area (Å²) in [5, 5.41) is 3.42. The Morgan fingerprint density at radius 2 is 2.15 bits per heavy atom. The second-order valence-electron chi connectivity index (χ2n) is 6.49. The predicted molar refractivity (Wildman–Crippen MR) is 78.4 cm³/mol. The van der Waals surface area contributed by atoms with Crippen molar-refractivity contribution in [3.05, 3.63) is 34.9 Å². The molecule has 0 aromatic heterocycles. The van der Waals surface area contributed by atoms with Gasteiger partial charge in [0.1, 0.15) is 6.29 Å². The van der Waals surface area contributed by atoms with Crippen LogP contribution in [0.5, 0.6) is 0 Å². The van der Waals surface area contributed by atoms with E-state index in [2.05, 4.69) is 26.1 Å². The van der Waals surface area contributed by atoms with Crippen molar-refractivity contribution >= 4 is 12.2 Å². The number of fused-ring (bicyclic) bond motifs is 1. The van der Waals surface area contributed by atoms with Gasteiger partial charge in [-0.15, -0.1) is 0 Å². The molecule has 2 rings (SSSR count). The molecule has 0 fully saturated rings. The van der Waals surface area contributed by atoms with Crippen LogP contribution < -0.4 is 11.1 Å². The van der Waals surface area contributed by atoms with Crippen LogP contribution in [0.15, 0.2) is 18.2 Å². The molecule has 1 amide bonds. The number of aldehydes is 1. The molecule has 0 spiro atoms. The van der Waals surface area contributed by atoms with Crippen molar-refractivity contribution < 1.29 is 9.59 Å². The first-order valence-electron chi connectivity index (χ1n) is 6.96. The molecule has 0 saturated heterocycles. The predicted octanol–water partition coefficient (Wildman–Crippen LogP) is 1.83. The summed E-state index contributed by atoms with van der Waals surface area (Å²) in [6.07, 6.45) is 1.92. The lowest BCUT2D eigenvalue weighted by Gasteiger charge is -2.37. The average Bonchev–Trinajstić information content (AvgIpc) is 2.37. The average molecular weight is 274 g/mol. The summed E-state index contributed by atoms with van der Waals surface area (Å²) in [4.78, 5) is 22.9. The highest BCUT2D eigenvalue weighted by Crippen LogP contribution is 2.38. The Kier molecular flexibility index (Phi) is 3.95. The number of nitrogens with two attached hydrogens (primary N) is 1. The van der Waals surface area contributed by atoms with Crippen molar-refractivity contribution in [2.24, 2.45) is 17.1 Å². The molecule has 4 heteroatoms. The minimum atomic E-state index is -0.435. The van der Waals surface area contributed by atoms with E-state index in [0.29, 0.717) is 5.56 Å². The third kappa shape index (κ3) is 2.75. The van der Waals surface area contributed by atoms with E-state index in [1.54, 1.807) is 6.07 Å². The minimum absolute atomic E-state index is 0.0597. The van der Waals surface area contributed by atoms with Crippen molar-refractivity contribution in [3.8, 4) is 0 Å². The van der Waals surface area contributed by atoms with Gasteiger partial charge in [-0.3, -0.25) is 4.79 Å². The number of carbonyl (C=O) groups excluding carboxylic acids is 2. The van der Waals surface area contributed by atoms with Crippen LogP contribution in [-0.4, -0.2) is 18.7 Å². The smallest absolute Gasteiger partial charge is 0.248 e. The SMILES string of the molecule is CC(C)(C)C(C=O)C1NCCc2ccc(C(N)=O)cc21. The normalized spacial score (nSPS) is 20.1. The third-order valence-electron chi connectivity index (χ3n) is 4.03. The van der Waals surface area contributed by atoms with Gasteiger partial charge in [0.05, 0.1) is 0 Å². The summed E-state index contributed by atoms with van der Waals surface area (Å²) in [6.45, 7) is 7.01. The molecule has 3 N–H and O–H groups in total. The fourth-order valence-electron chi connectivity index (χ4n) is 2.84. The zero-order valence-electron chi connectivity index (χ0n) is 12.3. The number of carbonyl (C=O) groups is 2. The maximum absolute atomic E-state index is 11.5. The maximum atomic E-state index is 11.5. The molecule has 2 unspecified atom stereocenters. The Labute approximate surface area is 119 Å². The first-order valence-corrected chi connectivity index (χ1v) is 6.96. The number of benzene rings is 1. The monoisotopic (exact) mass is 274 g/mol. The Hall–Kier alpha value is -1.68. The van der Waals surface area contributed by atoms with E-state index in [1.807, 2.05) is 12.1 Å². The second kappa shape index (κ2) is 5.37. The molecule has 1 aromatic carbocycles. The quantitative estimate of drug-likeness (QED) is 0.826. The molecule has 0 saturated carbocycles. The van der Waals surface area contributed by atoms with Gasteiger partial charge < -0.3 is 15.8 Å². The molecular formula is C16H22N2O2. The third-order valence-corrected chi connectivity index (χ3v) is 4.03. The summed E-state index contributed by atoms with van der Waals surface area (Å²) in [7, 11) is 0. The summed E-state index contributed by atoms with van der Waals surface area (Å²) >= 11 is 0. The Morgan fingerprint density at radius 1 is 1.45 bits per heavy atom. The lowest BCUT2D eigenvalue weighted by atomic mass is 9.73. The van der Waals surface area contributed by atoms with E-state index >= 15 is 0 Å². The van der Waals surface area contributed by atoms with Crippen LogP contribution in [0.25, 0.3) is 0 Å². The number of amides is 1. The van der Waals surface area contributed by atoms with Crippen LogP contribution in [-0.2, 0) is 11.2 Å².